The normalized spacial score (nSPS) is 15.3. The number of hydrogen-bond donors (Lipinski definition) is 1. The molecule has 0 aliphatic heterocycles. The Bertz CT molecular complexity index is 216. The molecule has 122 valence electrons. The van der Waals surface area contributed by atoms with Crippen molar-refractivity contribution < 1.29 is 0 Å². The molecule has 0 radical (unpaired) electrons. The van der Waals surface area contributed by atoms with Gasteiger partial charge in [-0.1, -0.05) is 72.1 Å². The summed E-state index contributed by atoms with van der Waals surface area (Å²) in [5.74, 6) is 0. The number of unbranched alkanes of at least 4 members (excludes halogenated alkanes) is 6. The lowest BCUT2D eigenvalue weighted by Crippen LogP contribution is -2.43. The lowest BCUT2D eigenvalue weighted by Gasteiger charge is -2.34. The molecule has 1 nitrogen and oxygen atoms in total. The van der Waals surface area contributed by atoms with Crippen LogP contribution in [0.5, 0.6) is 0 Å². The zero-order valence-electron chi connectivity index (χ0n) is 15.3. The van der Waals surface area contributed by atoms with Crippen molar-refractivity contribution in [2.24, 2.45) is 5.41 Å². The van der Waals surface area contributed by atoms with Gasteiger partial charge in [-0.15, -0.1) is 0 Å². The fourth-order valence-corrected chi connectivity index (χ4v) is 2.89. The first-order valence-corrected chi connectivity index (χ1v) is 9.08. The van der Waals surface area contributed by atoms with Gasteiger partial charge in [0, 0.05) is 12.1 Å². The third kappa shape index (κ3) is 11.8. The van der Waals surface area contributed by atoms with Crippen LogP contribution in [0.1, 0.15) is 106 Å². The average molecular weight is 284 g/mol. The molecule has 0 bridgehead atoms. The highest BCUT2D eigenvalue weighted by atomic mass is 15.0. The molecule has 0 rings (SSSR count). The van der Waals surface area contributed by atoms with Gasteiger partial charge in [-0.2, -0.15) is 0 Å². The minimum absolute atomic E-state index is 0.245. The maximum Gasteiger partial charge on any atom is 0.00967 e. The molecule has 0 saturated heterocycles. The molecule has 0 amide bonds. The van der Waals surface area contributed by atoms with Gasteiger partial charge in [-0.3, -0.25) is 0 Å². The third-order valence-electron chi connectivity index (χ3n) is 4.28. The van der Waals surface area contributed by atoms with E-state index >= 15 is 0 Å². The molecular weight excluding hydrogens is 242 g/mol. The third-order valence-corrected chi connectivity index (χ3v) is 4.28. The zero-order valence-corrected chi connectivity index (χ0v) is 15.3. The van der Waals surface area contributed by atoms with E-state index in [1.54, 1.807) is 0 Å². The van der Waals surface area contributed by atoms with Crippen molar-refractivity contribution in [3.63, 3.8) is 0 Å². The SMILES string of the molecule is CCCCCCCCCC(C)(CCC)CNC(C)(C)C. The summed E-state index contributed by atoms with van der Waals surface area (Å²) in [4.78, 5) is 0. The Labute approximate surface area is 129 Å². The van der Waals surface area contributed by atoms with Crippen LogP contribution in [0.2, 0.25) is 0 Å². The second-order valence-electron chi connectivity index (χ2n) is 8.04. The Hall–Kier alpha value is -0.0400. The van der Waals surface area contributed by atoms with Crippen LogP contribution in [0.3, 0.4) is 0 Å². The van der Waals surface area contributed by atoms with Crippen LogP contribution < -0.4 is 5.32 Å². The van der Waals surface area contributed by atoms with Gasteiger partial charge in [-0.25, -0.2) is 0 Å². The molecule has 1 atom stereocenters. The van der Waals surface area contributed by atoms with Crippen LogP contribution in [0.25, 0.3) is 0 Å². The first-order valence-electron chi connectivity index (χ1n) is 9.08. The summed E-state index contributed by atoms with van der Waals surface area (Å²) in [7, 11) is 0. The van der Waals surface area contributed by atoms with E-state index in [4.69, 9.17) is 0 Å². The minimum Gasteiger partial charge on any atom is -0.312 e. The highest BCUT2D eigenvalue weighted by Crippen LogP contribution is 2.30. The van der Waals surface area contributed by atoms with Crippen LogP contribution in [-0.2, 0) is 0 Å². The highest BCUT2D eigenvalue weighted by Gasteiger charge is 2.24. The van der Waals surface area contributed by atoms with Crippen molar-refractivity contribution in [2.75, 3.05) is 6.54 Å². The van der Waals surface area contributed by atoms with E-state index < -0.39 is 0 Å². The molecule has 0 aromatic heterocycles. The molecule has 0 aliphatic carbocycles. The van der Waals surface area contributed by atoms with Gasteiger partial charge < -0.3 is 5.32 Å². The Kier molecular flexibility index (Phi) is 10.6. The maximum absolute atomic E-state index is 3.72. The molecule has 20 heavy (non-hydrogen) atoms. The zero-order chi connectivity index (χ0) is 15.5. The molecule has 0 saturated carbocycles. The van der Waals surface area contributed by atoms with Gasteiger partial charge in [0.2, 0.25) is 0 Å². The average Bonchev–Trinajstić information content (AvgIpc) is 2.35. The molecule has 1 unspecified atom stereocenters. The lowest BCUT2D eigenvalue weighted by molar-refractivity contribution is 0.221. The topological polar surface area (TPSA) is 12.0 Å². The molecule has 0 fully saturated rings. The van der Waals surface area contributed by atoms with Crippen LogP contribution in [0.4, 0.5) is 0 Å². The summed E-state index contributed by atoms with van der Waals surface area (Å²) in [6.45, 7) is 15.1. The van der Waals surface area contributed by atoms with Gasteiger partial charge in [-0.05, 0) is 39.0 Å². The lowest BCUT2D eigenvalue weighted by atomic mass is 9.80. The van der Waals surface area contributed by atoms with Gasteiger partial charge in [0.15, 0.2) is 0 Å². The van der Waals surface area contributed by atoms with Crippen LogP contribution in [0, 0.1) is 5.41 Å². The second-order valence-corrected chi connectivity index (χ2v) is 8.04. The second kappa shape index (κ2) is 10.7. The molecule has 0 aromatic carbocycles. The molecule has 0 spiro atoms. The summed E-state index contributed by atoms with van der Waals surface area (Å²) < 4.78 is 0. The standard InChI is InChI=1S/C19H41N/c1-7-9-10-11-12-13-14-16-19(6,15-8-2)17-20-18(3,4)5/h20H,7-17H2,1-6H3. The van der Waals surface area contributed by atoms with E-state index in [1.165, 1.54) is 70.8 Å². The first-order chi connectivity index (χ1) is 9.33. The van der Waals surface area contributed by atoms with E-state index in [9.17, 15) is 0 Å². The van der Waals surface area contributed by atoms with E-state index in [0.717, 1.165) is 0 Å². The van der Waals surface area contributed by atoms with Gasteiger partial charge >= 0.3 is 0 Å². The molecular formula is C19H41N. The Morgan fingerprint density at radius 1 is 0.650 bits per heavy atom. The summed E-state index contributed by atoms with van der Waals surface area (Å²) in [5, 5.41) is 3.72. The van der Waals surface area contributed by atoms with Gasteiger partial charge in [0.1, 0.15) is 0 Å². The van der Waals surface area contributed by atoms with E-state index in [1.807, 2.05) is 0 Å². The van der Waals surface area contributed by atoms with Crippen molar-refractivity contribution in [1.82, 2.24) is 5.32 Å². The highest BCUT2D eigenvalue weighted by molar-refractivity contribution is 4.81. The Morgan fingerprint density at radius 2 is 1.20 bits per heavy atom. The fourth-order valence-electron chi connectivity index (χ4n) is 2.89. The van der Waals surface area contributed by atoms with E-state index in [0.29, 0.717) is 5.41 Å². The fraction of sp³-hybridized carbons (Fsp3) is 1.00. The van der Waals surface area contributed by atoms with Crippen molar-refractivity contribution in [3.05, 3.63) is 0 Å². The molecule has 0 aromatic rings. The van der Waals surface area contributed by atoms with Crippen molar-refractivity contribution >= 4 is 0 Å². The van der Waals surface area contributed by atoms with Crippen LogP contribution in [-0.4, -0.2) is 12.1 Å². The predicted octanol–water partition coefficient (Wildman–Crippen LogP) is 6.32. The van der Waals surface area contributed by atoms with Crippen LogP contribution >= 0.6 is 0 Å². The first kappa shape index (κ1) is 20.0. The van der Waals surface area contributed by atoms with E-state index in [-0.39, 0.29) is 5.54 Å². The quantitative estimate of drug-likeness (QED) is 0.413. The maximum atomic E-state index is 3.72. The summed E-state index contributed by atoms with van der Waals surface area (Å²) >= 11 is 0. The van der Waals surface area contributed by atoms with Gasteiger partial charge in [0.25, 0.3) is 0 Å². The number of nitrogens with one attached hydrogen (secondary N) is 1. The largest absolute Gasteiger partial charge is 0.312 e. The molecule has 0 heterocycles. The monoisotopic (exact) mass is 283 g/mol. The van der Waals surface area contributed by atoms with Crippen molar-refractivity contribution in [1.29, 1.82) is 0 Å². The molecule has 1 heteroatoms. The van der Waals surface area contributed by atoms with E-state index in [2.05, 4.69) is 46.9 Å². The van der Waals surface area contributed by atoms with Crippen molar-refractivity contribution in [3.8, 4) is 0 Å². The molecule has 0 aliphatic rings. The number of hydrogen-bond acceptors (Lipinski definition) is 1. The molecule has 1 N–H and O–H groups in total. The Morgan fingerprint density at radius 3 is 1.70 bits per heavy atom. The minimum atomic E-state index is 0.245. The smallest absolute Gasteiger partial charge is 0.00967 e. The number of rotatable bonds is 12. The summed E-state index contributed by atoms with van der Waals surface area (Å²) in [6, 6.07) is 0. The summed E-state index contributed by atoms with van der Waals surface area (Å²) in [5.41, 5.74) is 0.737. The Balaban J connectivity index is 3.88. The van der Waals surface area contributed by atoms with Gasteiger partial charge in [0.05, 0.1) is 0 Å². The van der Waals surface area contributed by atoms with Crippen LogP contribution in [0.15, 0.2) is 0 Å². The summed E-state index contributed by atoms with van der Waals surface area (Å²) in [6.07, 6.45) is 14.0. The predicted molar refractivity (Wildman–Crippen MR) is 93.4 cm³/mol. The van der Waals surface area contributed by atoms with Crippen molar-refractivity contribution in [2.45, 2.75) is 111 Å².